The number of rotatable bonds is 6. The van der Waals surface area contributed by atoms with E-state index < -0.39 is 47.2 Å². The summed E-state index contributed by atoms with van der Waals surface area (Å²) in [5.74, 6) is -6.69. The van der Waals surface area contributed by atoms with Crippen LogP contribution >= 0.6 is 11.8 Å². The molecule has 2 saturated heterocycles. The van der Waals surface area contributed by atoms with Gasteiger partial charge in [0.1, 0.15) is 17.7 Å². The van der Waals surface area contributed by atoms with E-state index in [4.69, 9.17) is 0 Å². The summed E-state index contributed by atoms with van der Waals surface area (Å²) in [6.45, 7) is 0.541. The Balaban J connectivity index is 1.30. The zero-order chi connectivity index (χ0) is 27.2. The van der Waals surface area contributed by atoms with E-state index in [0.717, 1.165) is 22.7 Å². The zero-order valence-corrected chi connectivity index (χ0v) is 20.9. The minimum Gasteiger partial charge on any atom is -0.299 e. The average molecular weight is 550 g/mol. The van der Waals surface area contributed by atoms with E-state index in [9.17, 15) is 36.7 Å². The Hall–Kier alpha value is -3.25. The van der Waals surface area contributed by atoms with Crippen LogP contribution in [0.25, 0.3) is 0 Å². The first-order chi connectivity index (χ1) is 18.0. The van der Waals surface area contributed by atoms with Crippen molar-refractivity contribution in [3.63, 3.8) is 0 Å². The molecule has 2 aromatic carbocycles. The zero-order valence-electron chi connectivity index (χ0n) is 20.1. The SMILES string of the molecule is O=C1CCC(N2C(=O)c3ccc(F)c(SCc4ccc(CN5CCC(F)(F)CC5)c(F)c4)c3C2=O)C(=O)N1. The van der Waals surface area contributed by atoms with Gasteiger partial charge >= 0.3 is 0 Å². The number of imide groups is 2. The summed E-state index contributed by atoms with van der Waals surface area (Å²) in [5.41, 5.74) is 0.648. The molecule has 4 amide bonds. The van der Waals surface area contributed by atoms with Crippen LogP contribution in [0.5, 0.6) is 0 Å². The quantitative estimate of drug-likeness (QED) is 0.334. The molecule has 0 saturated carbocycles. The van der Waals surface area contributed by atoms with Gasteiger partial charge in [-0.25, -0.2) is 17.6 Å². The Morgan fingerprint density at radius 1 is 0.974 bits per heavy atom. The highest BCUT2D eigenvalue weighted by atomic mass is 32.2. The van der Waals surface area contributed by atoms with Crippen LogP contribution in [0.1, 0.15) is 57.5 Å². The van der Waals surface area contributed by atoms with Crippen molar-refractivity contribution in [3.05, 3.63) is 64.2 Å². The van der Waals surface area contributed by atoms with Gasteiger partial charge in [0, 0.05) is 50.2 Å². The van der Waals surface area contributed by atoms with E-state index in [2.05, 4.69) is 5.32 Å². The van der Waals surface area contributed by atoms with Crippen LogP contribution < -0.4 is 5.32 Å². The van der Waals surface area contributed by atoms with Crippen LogP contribution in [0.3, 0.4) is 0 Å². The standard InChI is InChI=1S/C26H23F4N3O4S/c27-17-4-3-16-21(25(37)33(24(16)36)19-5-6-20(34)31-23(19)35)22(17)38-13-14-1-2-15(18(28)11-14)12-32-9-7-26(29,30)8-10-32/h1-4,11,19H,5-10,12-13H2,(H,31,34,35). The van der Waals surface area contributed by atoms with Gasteiger partial charge in [-0.3, -0.25) is 34.3 Å². The molecule has 7 nitrogen and oxygen atoms in total. The summed E-state index contributed by atoms with van der Waals surface area (Å²) in [5, 5.41) is 2.11. The lowest BCUT2D eigenvalue weighted by molar-refractivity contribution is -0.136. The summed E-state index contributed by atoms with van der Waals surface area (Å²) in [6, 6.07) is 5.56. The molecule has 0 bridgehead atoms. The molecule has 0 aliphatic carbocycles. The number of hydrogen-bond acceptors (Lipinski definition) is 6. The monoisotopic (exact) mass is 549 g/mol. The molecular weight excluding hydrogens is 526 g/mol. The van der Waals surface area contributed by atoms with Crippen molar-refractivity contribution < 1.29 is 36.7 Å². The van der Waals surface area contributed by atoms with Gasteiger partial charge in [0.15, 0.2) is 0 Å². The van der Waals surface area contributed by atoms with E-state index >= 15 is 0 Å². The number of hydrogen-bond donors (Lipinski definition) is 1. The maximum atomic E-state index is 14.8. The smallest absolute Gasteiger partial charge is 0.263 e. The topological polar surface area (TPSA) is 86.8 Å². The number of amides is 4. The predicted octanol–water partition coefficient (Wildman–Crippen LogP) is 3.89. The van der Waals surface area contributed by atoms with Crippen molar-refractivity contribution in [1.82, 2.24) is 15.1 Å². The van der Waals surface area contributed by atoms with Crippen LogP contribution in [0.2, 0.25) is 0 Å². The lowest BCUT2D eigenvalue weighted by Gasteiger charge is -2.31. The number of alkyl halides is 2. The number of carbonyl (C=O) groups is 4. The van der Waals surface area contributed by atoms with Crippen molar-refractivity contribution in [2.45, 2.75) is 54.8 Å². The number of nitrogens with one attached hydrogen (secondary N) is 1. The van der Waals surface area contributed by atoms with Crippen LogP contribution in [0.15, 0.2) is 35.2 Å². The highest BCUT2D eigenvalue weighted by molar-refractivity contribution is 7.98. The Kier molecular flexibility index (Phi) is 7.03. The summed E-state index contributed by atoms with van der Waals surface area (Å²) in [7, 11) is 0. The number of carbonyl (C=O) groups excluding carboxylic acids is 4. The lowest BCUT2D eigenvalue weighted by atomic mass is 10.0. The molecule has 0 radical (unpaired) electrons. The van der Waals surface area contributed by atoms with Gasteiger partial charge in [-0.2, -0.15) is 0 Å². The Morgan fingerprint density at radius 2 is 1.71 bits per heavy atom. The summed E-state index contributed by atoms with van der Waals surface area (Å²) < 4.78 is 56.4. The van der Waals surface area contributed by atoms with Crippen molar-refractivity contribution in [2.24, 2.45) is 0 Å². The second-order valence-electron chi connectivity index (χ2n) is 9.59. The highest BCUT2D eigenvalue weighted by Crippen LogP contribution is 2.37. The van der Waals surface area contributed by atoms with E-state index in [0.29, 0.717) is 11.1 Å². The molecule has 1 unspecified atom stereocenters. The highest BCUT2D eigenvalue weighted by Gasteiger charge is 2.46. The number of halogens is 4. The molecule has 200 valence electrons. The maximum Gasteiger partial charge on any atom is 0.263 e. The van der Waals surface area contributed by atoms with Crippen molar-refractivity contribution in [1.29, 1.82) is 0 Å². The fraction of sp³-hybridized carbons (Fsp3) is 0.385. The lowest BCUT2D eigenvalue weighted by Crippen LogP contribution is -2.54. The predicted molar refractivity (Wildman–Crippen MR) is 128 cm³/mol. The largest absolute Gasteiger partial charge is 0.299 e. The van der Waals surface area contributed by atoms with Gasteiger partial charge in [-0.15, -0.1) is 11.8 Å². The Labute approximate surface area is 219 Å². The number of nitrogens with zero attached hydrogens (tertiary/aromatic N) is 2. The molecular formula is C26H23F4N3O4S. The van der Waals surface area contributed by atoms with Crippen molar-refractivity contribution >= 4 is 35.4 Å². The first kappa shape index (κ1) is 26.4. The summed E-state index contributed by atoms with van der Waals surface area (Å²) in [6.07, 6.45) is -0.588. The van der Waals surface area contributed by atoms with Gasteiger partial charge in [-0.05, 0) is 30.2 Å². The number of thioether (sulfide) groups is 1. The Morgan fingerprint density at radius 3 is 2.39 bits per heavy atom. The summed E-state index contributed by atoms with van der Waals surface area (Å²) >= 11 is 0.921. The minimum atomic E-state index is -2.69. The molecule has 0 aromatic heterocycles. The maximum absolute atomic E-state index is 14.8. The molecule has 2 aromatic rings. The molecule has 3 heterocycles. The molecule has 3 aliphatic rings. The average Bonchev–Trinajstić information content (AvgIpc) is 3.11. The van der Waals surface area contributed by atoms with E-state index in [1.165, 1.54) is 12.1 Å². The van der Waals surface area contributed by atoms with Gasteiger partial charge in [0.2, 0.25) is 11.8 Å². The number of likely N-dealkylation sites (tertiary alicyclic amines) is 1. The molecule has 1 N–H and O–H groups in total. The third-order valence-electron chi connectivity index (χ3n) is 7.00. The Bertz CT molecular complexity index is 1340. The molecule has 5 rings (SSSR count). The third-order valence-corrected chi connectivity index (χ3v) is 8.16. The van der Waals surface area contributed by atoms with Gasteiger partial charge in [0.25, 0.3) is 17.7 Å². The van der Waals surface area contributed by atoms with Crippen LogP contribution in [0.4, 0.5) is 17.6 Å². The first-order valence-corrected chi connectivity index (χ1v) is 13.1. The first-order valence-electron chi connectivity index (χ1n) is 12.1. The molecule has 2 fully saturated rings. The number of benzene rings is 2. The molecule has 12 heteroatoms. The normalized spacial score (nSPS) is 21.6. The number of fused-ring (bicyclic) bond motifs is 1. The fourth-order valence-electron chi connectivity index (χ4n) is 4.89. The van der Waals surface area contributed by atoms with Gasteiger partial charge in [-0.1, -0.05) is 12.1 Å². The number of piperidine rings is 2. The molecule has 3 aliphatic heterocycles. The third kappa shape index (κ3) is 5.06. The van der Waals surface area contributed by atoms with Gasteiger partial charge < -0.3 is 0 Å². The second-order valence-corrected chi connectivity index (χ2v) is 10.6. The van der Waals surface area contributed by atoms with E-state index in [1.807, 2.05) is 0 Å². The summed E-state index contributed by atoms with van der Waals surface area (Å²) in [4.78, 5) is 52.4. The van der Waals surface area contributed by atoms with Gasteiger partial charge in [0.05, 0.1) is 16.0 Å². The molecule has 0 spiro atoms. The minimum absolute atomic E-state index is 0.0213. The van der Waals surface area contributed by atoms with E-state index in [1.54, 1.807) is 17.0 Å². The van der Waals surface area contributed by atoms with E-state index in [-0.39, 0.29) is 67.1 Å². The van der Waals surface area contributed by atoms with Crippen LogP contribution in [-0.2, 0) is 21.9 Å². The van der Waals surface area contributed by atoms with Crippen LogP contribution in [0, 0.1) is 11.6 Å². The van der Waals surface area contributed by atoms with Crippen molar-refractivity contribution in [3.8, 4) is 0 Å². The molecule has 38 heavy (non-hydrogen) atoms. The van der Waals surface area contributed by atoms with Crippen molar-refractivity contribution in [2.75, 3.05) is 13.1 Å². The van der Waals surface area contributed by atoms with Crippen LogP contribution in [-0.4, -0.2) is 58.5 Å². The fourth-order valence-corrected chi connectivity index (χ4v) is 5.92. The second kappa shape index (κ2) is 10.1. The molecule has 1 atom stereocenters.